The van der Waals surface area contributed by atoms with E-state index < -0.39 is 0 Å². The molecule has 0 bridgehead atoms. The summed E-state index contributed by atoms with van der Waals surface area (Å²) >= 11 is 3.42. The van der Waals surface area contributed by atoms with Crippen LogP contribution in [0.1, 0.15) is 40.7 Å². The molecule has 0 atom stereocenters. The SMILES string of the molecule is O=C(Nc1ccc(C[NH+]2CCCCC2)cc1)c1cccc(COc2ccc(Br)cc2)c1. The van der Waals surface area contributed by atoms with Crippen molar-refractivity contribution >= 4 is 27.5 Å². The van der Waals surface area contributed by atoms with Gasteiger partial charge in [0.15, 0.2) is 0 Å². The van der Waals surface area contributed by atoms with E-state index in [-0.39, 0.29) is 5.91 Å². The molecule has 0 spiro atoms. The molecule has 4 nitrogen and oxygen atoms in total. The molecule has 0 aliphatic carbocycles. The Bertz CT molecular complexity index is 997. The number of halogens is 1. The molecule has 1 amide bonds. The number of likely N-dealkylation sites (tertiary alicyclic amines) is 1. The van der Waals surface area contributed by atoms with E-state index in [1.807, 2.05) is 60.7 Å². The summed E-state index contributed by atoms with van der Waals surface area (Å²) in [5.74, 6) is 0.685. The summed E-state index contributed by atoms with van der Waals surface area (Å²) < 4.78 is 6.83. The second-order valence-electron chi connectivity index (χ2n) is 8.08. The maximum Gasteiger partial charge on any atom is 0.255 e. The third-order valence-electron chi connectivity index (χ3n) is 5.63. The maximum absolute atomic E-state index is 12.7. The van der Waals surface area contributed by atoms with Gasteiger partial charge in [-0.3, -0.25) is 4.79 Å². The molecule has 4 rings (SSSR count). The summed E-state index contributed by atoms with van der Waals surface area (Å²) in [5.41, 5.74) is 3.72. The fourth-order valence-electron chi connectivity index (χ4n) is 3.93. The number of carbonyl (C=O) groups excluding carboxylic acids is 1. The number of carbonyl (C=O) groups is 1. The first-order valence-corrected chi connectivity index (χ1v) is 11.7. The van der Waals surface area contributed by atoms with E-state index in [4.69, 9.17) is 4.74 Å². The first-order valence-electron chi connectivity index (χ1n) is 10.9. The van der Waals surface area contributed by atoms with Crippen LogP contribution in [0.3, 0.4) is 0 Å². The second kappa shape index (κ2) is 10.6. The van der Waals surface area contributed by atoms with Crippen molar-refractivity contribution in [3.05, 3.63) is 94.0 Å². The molecule has 1 heterocycles. The summed E-state index contributed by atoms with van der Waals surface area (Å²) in [4.78, 5) is 14.4. The number of rotatable bonds is 7. The Morgan fingerprint density at radius 3 is 2.39 bits per heavy atom. The Morgan fingerprint density at radius 2 is 1.65 bits per heavy atom. The van der Waals surface area contributed by atoms with E-state index in [1.54, 1.807) is 4.90 Å². The lowest BCUT2D eigenvalue weighted by Crippen LogP contribution is -3.11. The van der Waals surface area contributed by atoms with E-state index in [0.29, 0.717) is 12.2 Å². The lowest BCUT2D eigenvalue weighted by Gasteiger charge is -2.23. The summed E-state index contributed by atoms with van der Waals surface area (Å²) in [6, 6.07) is 23.5. The van der Waals surface area contributed by atoms with E-state index in [9.17, 15) is 4.79 Å². The molecule has 3 aromatic rings. The van der Waals surface area contributed by atoms with Crippen LogP contribution in [0.5, 0.6) is 5.75 Å². The number of ether oxygens (including phenoxy) is 1. The third-order valence-corrected chi connectivity index (χ3v) is 6.16. The van der Waals surface area contributed by atoms with Gasteiger partial charge in [0.2, 0.25) is 0 Å². The van der Waals surface area contributed by atoms with Gasteiger partial charge in [0.05, 0.1) is 13.1 Å². The number of anilines is 1. The molecule has 0 aromatic heterocycles. The van der Waals surface area contributed by atoms with Crippen molar-refractivity contribution in [1.29, 1.82) is 0 Å². The highest BCUT2D eigenvalue weighted by molar-refractivity contribution is 9.10. The average Bonchev–Trinajstić information content (AvgIpc) is 2.81. The van der Waals surface area contributed by atoms with Crippen molar-refractivity contribution in [2.24, 2.45) is 0 Å². The van der Waals surface area contributed by atoms with Crippen LogP contribution in [0.15, 0.2) is 77.3 Å². The molecule has 0 radical (unpaired) electrons. The molecule has 1 aliphatic heterocycles. The molecular formula is C26H28BrN2O2+. The van der Waals surface area contributed by atoms with E-state index in [0.717, 1.165) is 28.0 Å². The number of benzene rings is 3. The zero-order valence-corrected chi connectivity index (χ0v) is 19.2. The number of nitrogens with one attached hydrogen (secondary N) is 2. The predicted octanol–water partition coefficient (Wildman–Crippen LogP) is 4.85. The monoisotopic (exact) mass is 479 g/mol. The van der Waals surface area contributed by atoms with Gasteiger partial charge in [-0.05, 0) is 73.4 Å². The van der Waals surface area contributed by atoms with Gasteiger partial charge in [-0.15, -0.1) is 0 Å². The first-order chi connectivity index (χ1) is 15.2. The van der Waals surface area contributed by atoms with Crippen LogP contribution in [-0.2, 0) is 13.2 Å². The van der Waals surface area contributed by atoms with Gasteiger partial charge in [-0.25, -0.2) is 0 Å². The van der Waals surface area contributed by atoms with Crippen molar-refractivity contribution < 1.29 is 14.4 Å². The molecular weight excluding hydrogens is 452 g/mol. The zero-order chi connectivity index (χ0) is 21.5. The van der Waals surface area contributed by atoms with Crippen LogP contribution in [0.4, 0.5) is 5.69 Å². The summed E-state index contributed by atoms with van der Waals surface area (Å²) in [5, 5.41) is 3.00. The minimum Gasteiger partial charge on any atom is -0.489 e. The second-order valence-corrected chi connectivity index (χ2v) is 9.00. The van der Waals surface area contributed by atoms with E-state index >= 15 is 0 Å². The van der Waals surface area contributed by atoms with Crippen LogP contribution in [0.2, 0.25) is 0 Å². The third kappa shape index (κ3) is 6.42. The van der Waals surface area contributed by atoms with Crippen LogP contribution in [0, 0.1) is 0 Å². The maximum atomic E-state index is 12.7. The van der Waals surface area contributed by atoms with Crippen LogP contribution in [-0.4, -0.2) is 19.0 Å². The molecule has 0 saturated carbocycles. The van der Waals surface area contributed by atoms with Gasteiger partial charge in [0.25, 0.3) is 5.91 Å². The van der Waals surface area contributed by atoms with Gasteiger partial charge in [0, 0.05) is 21.3 Å². The minimum atomic E-state index is -0.111. The fraction of sp³-hybridized carbons (Fsp3) is 0.269. The summed E-state index contributed by atoms with van der Waals surface area (Å²) in [6.07, 6.45) is 4.03. The topological polar surface area (TPSA) is 42.8 Å². The first kappa shape index (κ1) is 21.6. The number of hydrogen-bond donors (Lipinski definition) is 2. The lowest BCUT2D eigenvalue weighted by atomic mass is 10.1. The predicted molar refractivity (Wildman–Crippen MR) is 128 cm³/mol. The number of piperidine rings is 1. The van der Waals surface area contributed by atoms with Crippen LogP contribution >= 0.6 is 15.9 Å². The normalized spacial score (nSPS) is 14.2. The highest BCUT2D eigenvalue weighted by atomic mass is 79.9. The van der Waals surface area contributed by atoms with Gasteiger partial charge >= 0.3 is 0 Å². The molecule has 0 unspecified atom stereocenters. The Morgan fingerprint density at radius 1 is 0.903 bits per heavy atom. The van der Waals surface area contributed by atoms with E-state index in [1.165, 1.54) is 37.9 Å². The molecule has 5 heteroatoms. The van der Waals surface area contributed by atoms with Crippen molar-refractivity contribution in [1.82, 2.24) is 0 Å². The molecule has 1 aliphatic rings. The highest BCUT2D eigenvalue weighted by Crippen LogP contribution is 2.18. The molecule has 1 saturated heterocycles. The van der Waals surface area contributed by atoms with E-state index in [2.05, 4.69) is 33.4 Å². The van der Waals surface area contributed by atoms with Crippen molar-refractivity contribution in [2.75, 3.05) is 18.4 Å². The quantitative estimate of drug-likeness (QED) is 0.508. The van der Waals surface area contributed by atoms with Gasteiger partial charge in [-0.2, -0.15) is 0 Å². The number of amides is 1. The Labute approximate surface area is 192 Å². The standard InChI is InChI=1S/C26H27BrN2O2/c27-23-9-13-25(14-10-23)31-19-21-5-4-6-22(17-21)26(30)28-24-11-7-20(8-12-24)18-29-15-2-1-3-16-29/h4-14,17H,1-3,15-16,18-19H2,(H,28,30)/p+1. The van der Waals surface area contributed by atoms with Gasteiger partial charge in [-0.1, -0.05) is 40.2 Å². The number of quaternary nitrogens is 1. The Balaban J connectivity index is 1.32. The smallest absolute Gasteiger partial charge is 0.255 e. The van der Waals surface area contributed by atoms with Crippen molar-refractivity contribution in [3.8, 4) is 5.75 Å². The van der Waals surface area contributed by atoms with Gasteiger partial charge < -0.3 is 15.0 Å². The Hall–Kier alpha value is -2.63. The molecule has 2 N–H and O–H groups in total. The summed E-state index contributed by atoms with van der Waals surface area (Å²) in [6.45, 7) is 4.01. The van der Waals surface area contributed by atoms with Crippen molar-refractivity contribution in [3.63, 3.8) is 0 Å². The van der Waals surface area contributed by atoms with Gasteiger partial charge in [0.1, 0.15) is 18.9 Å². The highest BCUT2D eigenvalue weighted by Gasteiger charge is 2.14. The minimum absolute atomic E-state index is 0.111. The average molecular weight is 480 g/mol. The zero-order valence-electron chi connectivity index (χ0n) is 17.6. The molecule has 3 aromatic carbocycles. The van der Waals surface area contributed by atoms with Crippen LogP contribution < -0.4 is 15.0 Å². The summed E-state index contributed by atoms with van der Waals surface area (Å²) in [7, 11) is 0. The molecule has 160 valence electrons. The molecule has 1 fully saturated rings. The van der Waals surface area contributed by atoms with Crippen LogP contribution in [0.25, 0.3) is 0 Å². The fourth-order valence-corrected chi connectivity index (χ4v) is 4.19. The largest absolute Gasteiger partial charge is 0.489 e. The Kier molecular flexibility index (Phi) is 7.39. The lowest BCUT2D eigenvalue weighted by molar-refractivity contribution is -0.918. The number of hydrogen-bond acceptors (Lipinski definition) is 2. The molecule has 31 heavy (non-hydrogen) atoms. The van der Waals surface area contributed by atoms with Crippen molar-refractivity contribution in [2.45, 2.75) is 32.4 Å².